The molecule has 210 valence electrons. The lowest BCUT2D eigenvalue weighted by molar-refractivity contribution is 0.211. The number of fused-ring (bicyclic) bond motifs is 3. The van der Waals surface area contributed by atoms with E-state index in [9.17, 15) is 5.26 Å². The number of nitrogens with zero attached hydrogens (tertiary/aromatic N) is 7. The zero-order valence-corrected chi connectivity index (χ0v) is 23.4. The molecule has 2 aromatic heterocycles. The molecule has 7 rings (SSSR count). The van der Waals surface area contributed by atoms with Crippen molar-refractivity contribution in [1.29, 1.82) is 10.5 Å². The molecule has 3 aromatic carbocycles. The van der Waals surface area contributed by atoms with Crippen LogP contribution in [-0.4, -0.2) is 43.6 Å². The van der Waals surface area contributed by atoms with Gasteiger partial charge in [0.1, 0.15) is 29.5 Å². The molecule has 0 spiro atoms. The van der Waals surface area contributed by atoms with E-state index >= 15 is 0 Å². The highest BCUT2D eigenvalue weighted by atomic mass is 16.5. The van der Waals surface area contributed by atoms with Gasteiger partial charge < -0.3 is 10.1 Å². The van der Waals surface area contributed by atoms with E-state index in [4.69, 9.17) is 15.0 Å². The van der Waals surface area contributed by atoms with Gasteiger partial charge >= 0.3 is 0 Å². The highest BCUT2D eigenvalue weighted by Gasteiger charge is 2.28. The van der Waals surface area contributed by atoms with Gasteiger partial charge in [0.2, 0.25) is 5.82 Å². The number of likely N-dealkylation sites (tertiary alicyclic amines) is 1. The zero-order chi connectivity index (χ0) is 29.2. The van der Waals surface area contributed by atoms with E-state index in [0.717, 1.165) is 66.4 Å². The van der Waals surface area contributed by atoms with Crippen LogP contribution >= 0.6 is 0 Å². The Labute approximate surface area is 249 Å². The fraction of sp³-hybridized carbons (Fsp3) is 0.206. The predicted molar refractivity (Wildman–Crippen MR) is 163 cm³/mol. The van der Waals surface area contributed by atoms with Crippen LogP contribution in [0.25, 0.3) is 33.9 Å². The van der Waals surface area contributed by atoms with Crippen LogP contribution in [0.4, 0.5) is 5.82 Å². The maximum atomic E-state index is 9.83. The topological polar surface area (TPSA) is 116 Å². The number of hydrogen-bond donors (Lipinski definition) is 1. The van der Waals surface area contributed by atoms with Crippen molar-refractivity contribution in [3.8, 4) is 51.8 Å². The largest absolute Gasteiger partial charge is 0.472 e. The normalized spacial score (nSPS) is 14.6. The Morgan fingerprint density at radius 1 is 0.860 bits per heavy atom. The standard InChI is InChI=1S/C34H28N8O/c35-19-26-7-4-8-28-31(26)34-40-32(33(42(34)22-43-28)25-5-2-1-3-6-25)24-11-9-23(10-12-24)21-41-17-14-27(15-18-41)38-29-13-16-37-30(20-36)39-29/h1-13,16,27H,14-15,17-18,21-22H2,(H,37,38,39). The molecule has 5 aromatic rings. The van der Waals surface area contributed by atoms with Gasteiger partial charge in [-0.25, -0.2) is 15.0 Å². The maximum Gasteiger partial charge on any atom is 0.234 e. The Hall–Kier alpha value is -5.51. The number of hydrogen-bond acceptors (Lipinski definition) is 8. The van der Waals surface area contributed by atoms with Crippen molar-refractivity contribution in [2.45, 2.75) is 32.2 Å². The molecule has 1 N–H and O–H groups in total. The first-order chi connectivity index (χ1) is 21.2. The zero-order valence-electron chi connectivity index (χ0n) is 23.4. The number of aromatic nitrogens is 4. The summed E-state index contributed by atoms with van der Waals surface area (Å²) in [6.07, 6.45) is 3.61. The van der Waals surface area contributed by atoms with Gasteiger partial charge in [0, 0.05) is 43.0 Å². The van der Waals surface area contributed by atoms with Gasteiger partial charge in [0.15, 0.2) is 6.73 Å². The molecule has 1 saturated heterocycles. The van der Waals surface area contributed by atoms with Crippen LogP contribution in [0.3, 0.4) is 0 Å². The minimum atomic E-state index is 0.183. The van der Waals surface area contributed by atoms with Gasteiger partial charge in [-0.05, 0) is 36.6 Å². The van der Waals surface area contributed by atoms with Crippen LogP contribution in [0.2, 0.25) is 0 Å². The molecule has 0 saturated carbocycles. The summed E-state index contributed by atoms with van der Waals surface area (Å²) in [6.45, 7) is 3.15. The molecule has 4 heterocycles. The Balaban J connectivity index is 1.11. The van der Waals surface area contributed by atoms with Gasteiger partial charge in [-0.3, -0.25) is 9.47 Å². The summed E-state index contributed by atoms with van der Waals surface area (Å²) >= 11 is 0. The molecule has 0 bridgehead atoms. The SMILES string of the molecule is N#Cc1nccc(NC2CCN(Cc3ccc(-c4nc5n(c4-c4ccccc4)COc4cccc(C#N)c4-5)cc3)CC2)n1. The second-order valence-electron chi connectivity index (χ2n) is 10.8. The van der Waals surface area contributed by atoms with Crippen LogP contribution in [0, 0.1) is 22.7 Å². The van der Waals surface area contributed by atoms with Crippen molar-refractivity contribution in [3.63, 3.8) is 0 Å². The van der Waals surface area contributed by atoms with Gasteiger partial charge in [0.05, 0.1) is 22.5 Å². The molecule has 0 radical (unpaired) electrons. The van der Waals surface area contributed by atoms with Crippen LogP contribution < -0.4 is 10.1 Å². The van der Waals surface area contributed by atoms with E-state index in [0.29, 0.717) is 29.9 Å². The minimum absolute atomic E-state index is 0.183. The number of ether oxygens (including phenoxy) is 1. The van der Waals surface area contributed by atoms with Crippen LogP contribution in [-0.2, 0) is 13.3 Å². The Bertz CT molecular complexity index is 1860. The highest BCUT2D eigenvalue weighted by molar-refractivity contribution is 5.85. The molecular formula is C34H28N8O. The predicted octanol–water partition coefficient (Wildman–Crippen LogP) is 5.84. The third-order valence-electron chi connectivity index (χ3n) is 8.06. The lowest BCUT2D eigenvalue weighted by Gasteiger charge is -2.32. The Morgan fingerprint density at radius 2 is 1.67 bits per heavy atom. The van der Waals surface area contributed by atoms with Gasteiger partial charge in [0.25, 0.3) is 0 Å². The summed E-state index contributed by atoms with van der Waals surface area (Å²) in [5, 5.41) is 22.3. The van der Waals surface area contributed by atoms with Crippen molar-refractivity contribution in [2.75, 3.05) is 18.4 Å². The average Bonchev–Trinajstić information content (AvgIpc) is 3.46. The average molecular weight is 565 g/mol. The maximum absolute atomic E-state index is 9.83. The third-order valence-corrected chi connectivity index (χ3v) is 8.06. The summed E-state index contributed by atoms with van der Waals surface area (Å²) in [7, 11) is 0. The number of imidazole rings is 1. The van der Waals surface area contributed by atoms with Crippen molar-refractivity contribution < 1.29 is 4.74 Å². The van der Waals surface area contributed by atoms with Crippen LogP contribution in [0.15, 0.2) is 85.1 Å². The number of piperidine rings is 1. The van der Waals surface area contributed by atoms with Crippen LogP contribution in [0.1, 0.15) is 29.8 Å². The van der Waals surface area contributed by atoms with Crippen molar-refractivity contribution in [1.82, 2.24) is 24.4 Å². The van der Waals surface area contributed by atoms with E-state index in [2.05, 4.69) is 67.2 Å². The third kappa shape index (κ3) is 5.19. The van der Waals surface area contributed by atoms with Gasteiger partial charge in [-0.2, -0.15) is 10.5 Å². The van der Waals surface area contributed by atoms with Crippen molar-refractivity contribution in [2.24, 2.45) is 0 Å². The minimum Gasteiger partial charge on any atom is -0.472 e. The Kier molecular flexibility index (Phi) is 7.00. The lowest BCUT2D eigenvalue weighted by Crippen LogP contribution is -2.38. The summed E-state index contributed by atoms with van der Waals surface area (Å²) in [5.41, 5.74) is 6.44. The molecule has 2 aliphatic heterocycles. The summed E-state index contributed by atoms with van der Waals surface area (Å²) in [6, 6.07) is 30.8. The quantitative estimate of drug-likeness (QED) is 0.273. The van der Waals surface area contributed by atoms with E-state index < -0.39 is 0 Å². The monoisotopic (exact) mass is 564 g/mol. The number of rotatable bonds is 6. The molecule has 0 unspecified atom stereocenters. The number of anilines is 1. The molecule has 9 heteroatoms. The first kappa shape index (κ1) is 26.4. The fourth-order valence-electron chi connectivity index (χ4n) is 5.93. The first-order valence-electron chi connectivity index (χ1n) is 14.3. The molecule has 2 aliphatic rings. The molecule has 43 heavy (non-hydrogen) atoms. The van der Waals surface area contributed by atoms with Gasteiger partial charge in [-0.1, -0.05) is 60.7 Å². The van der Waals surface area contributed by atoms with E-state index in [1.807, 2.05) is 48.5 Å². The molecule has 0 amide bonds. The lowest BCUT2D eigenvalue weighted by atomic mass is 10.0. The summed E-state index contributed by atoms with van der Waals surface area (Å²) in [5.74, 6) is 2.32. The second-order valence-corrected chi connectivity index (χ2v) is 10.8. The van der Waals surface area contributed by atoms with Crippen molar-refractivity contribution >= 4 is 5.82 Å². The summed E-state index contributed by atoms with van der Waals surface area (Å²) < 4.78 is 8.17. The van der Waals surface area contributed by atoms with E-state index in [1.165, 1.54) is 5.56 Å². The van der Waals surface area contributed by atoms with Crippen molar-refractivity contribution in [3.05, 3.63) is 102 Å². The van der Waals surface area contributed by atoms with Crippen LogP contribution in [0.5, 0.6) is 5.75 Å². The van der Waals surface area contributed by atoms with E-state index in [1.54, 1.807) is 6.20 Å². The van der Waals surface area contributed by atoms with Gasteiger partial charge in [-0.15, -0.1) is 0 Å². The first-order valence-corrected chi connectivity index (χ1v) is 14.3. The molecule has 0 atom stereocenters. The molecule has 1 fully saturated rings. The Morgan fingerprint density at radius 3 is 2.44 bits per heavy atom. The smallest absolute Gasteiger partial charge is 0.234 e. The van der Waals surface area contributed by atoms with E-state index in [-0.39, 0.29) is 5.82 Å². The number of benzene rings is 3. The molecule has 9 nitrogen and oxygen atoms in total. The summed E-state index contributed by atoms with van der Waals surface area (Å²) in [4.78, 5) is 15.8. The second kappa shape index (κ2) is 11.4. The number of nitrogens with one attached hydrogen (secondary N) is 1. The number of nitriles is 2. The molecule has 0 aliphatic carbocycles. The fourth-order valence-corrected chi connectivity index (χ4v) is 5.93. The molecular weight excluding hydrogens is 536 g/mol. The highest BCUT2D eigenvalue weighted by Crippen LogP contribution is 2.42.